The molecule has 8 heteroatoms. The fraction of sp³-hybridized carbons (Fsp3) is 0.269. The predicted octanol–water partition coefficient (Wildman–Crippen LogP) is 10.0. The first kappa shape index (κ1) is 40.0. The number of amides is 2. The number of rotatable bonds is 12. The van der Waals surface area contributed by atoms with Crippen LogP contribution in [0.2, 0.25) is 5.04 Å². The summed E-state index contributed by atoms with van der Waals surface area (Å²) < 4.78 is 14.4. The third kappa shape index (κ3) is 7.30. The molecule has 3 aliphatic rings. The number of thiophene rings is 1. The molecule has 0 spiro atoms. The van der Waals surface area contributed by atoms with Crippen LogP contribution in [0.4, 0.5) is 0 Å². The zero-order valence-corrected chi connectivity index (χ0v) is 36.2. The highest BCUT2D eigenvalue weighted by molar-refractivity contribution is 7.09. The van der Waals surface area contributed by atoms with E-state index < -0.39 is 20.2 Å². The Hall–Kier alpha value is -5.38. The largest absolute Gasteiger partial charge is 0.507 e. The lowest BCUT2D eigenvalue weighted by molar-refractivity contribution is -0.140. The van der Waals surface area contributed by atoms with E-state index in [1.54, 1.807) is 17.4 Å². The highest BCUT2D eigenvalue weighted by Crippen LogP contribution is 2.51. The van der Waals surface area contributed by atoms with Gasteiger partial charge in [-0.15, -0.1) is 11.3 Å². The van der Waals surface area contributed by atoms with E-state index in [1.165, 1.54) is 15.3 Å². The molecule has 0 unspecified atom stereocenters. The summed E-state index contributed by atoms with van der Waals surface area (Å²) in [5, 5.41) is 16.6. The Morgan fingerprint density at radius 2 is 1.45 bits per heavy atom. The third-order valence-electron chi connectivity index (χ3n) is 13.0. The van der Waals surface area contributed by atoms with Crippen LogP contribution >= 0.6 is 11.3 Å². The molecule has 6 aromatic rings. The fourth-order valence-electron chi connectivity index (χ4n) is 10.2. The molecule has 3 heterocycles. The number of hydrogen-bond donors (Lipinski definition) is 1. The van der Waals surface area contributed by atoms with Gasteiger partial charge in [-0.1, -0.05) is 154 Å². The van der Waals surface area contributed by atoms with Crippen molar-refractivity contribution in [1.82, 2.24) is 4.90 Å². The maximum absolute atomic E-state index is 14.4. The monoisotopic (exact) mass is 829 g/mol. The standard InChI is InChI=1S/C52H51NO5SSi/c1-52(2,3)60(40-19-9-5-10-20-40,41-21-11-6-12-22-41)58-33-38-31-44-49(51(56)53(50(44)55)32-39-18-15-29-59-39)45-34-57-47(48(38)45)28-26-36(35-16-7-4-8-17-35)30-37-25-27-46(54)43-24-14-13-23-42(37)43/h4-25,27,29-30,44-45,47,49,54H,26,28,31-34H2,1-3H3/b36-30-/t44-,45+,47-,49-/m1/s1. The van der Waals surface area contributed by atoms with Crippen molar-refractivity contribution in [2.45, 2.75) is 57.7 Å². The second-order valence-corrected chi connectivity index (χ2v) is 22.7. The van der Waals surface area contributed by atoms with Gasteiger partial charge in [0, 0.05) is 16.2 Å². The maximum atomic E-state index is 14.4. The molecule has 6 nitrogen and oxygen atoms in total. The number of allylic oxidation sites excluding steroid dienone is 1. The summed E-state index contributed by atoms with van der Waals surface area (Å²) in [6.07, 6.45) is 3.88. The molecule has 0 saturated carbocycles. The number of nitrogens with zero attached hydrogens (tertiary/aromatic N) is 1. The third-order valence-corrected chi connectivity index (χ3v) is 18.8. The summed E-state index contributed by atoms with van der Waals surface area (Å²) >= 11 is 1.57. The Balaban J connectivity index is 1.11. The van der Waals surface area contributed by atoms with Crippen molar-refractivity contribution in [3.05, 3.63) is 172 Å². The lowest BCUT2D eigenvalue weighted by atomic mass is 9.69. The molecule has 4 atom stereocenters. The zero-order valence-electron chi connectivity index (χ0n) is 34.4. The smallest absolute Gasteiger partial charge is 0.261 e. The highest BCUT2D eigenvalue weighted by Gasteiger charge is 2.58. The molecule has 0 radical (unpaired) electrons. The van der Waals surface area contributed by atoms with Gasteiger partial charge in [-0.2, -0.15) is 0 Å². The van der Waals surface area contributed by atoms with Crippen molar-refractivity contribution in [3.8, 4) is 5.75 Å². The average Bonchev–Trinajstić information content (AvgIpc) is 4.00. The van der Waals surface area contributed by atoms with Gasteiger partial charge in [0.25, 0.3) is 8.32 Å². The quantitative estimate of drug-likeness (QED) is 0.0576. The summed E-state index contributed by atoms with van der Waals surface area (Å²) in [4.78, 5) is 31.3. The SMILES string of the molecule is CC(C)(C)[Si](OCC1=C2[C@@H](CC/C(=C/c3ccc(O)c4ccccc34)c3ccccc3)OC[C@@H]2[C@@H]2C(=O)N(Cc3cccs3)C(=O)[C@@H]2C1)(c1ccccc1)c1ccccc1. The number of carbonyl (C=O) groups excluding carboxylic acids is 2. The van der Waals surface area contributed by atoms with E-state index in [-0.39, 0.29) is 34.6 Å². The summed E-state index contributed by atoms with van der Waals surface area (Å²) in [7, 11) is -2.93. The number of carbonyl (C=O) groups is 2. The Morgan fingerprint density at radius 1 is 0.800 bits per heavy atom. The van der Waals surface area contributed by atoms with Crippen molar-refractivity contribution < 1.29 is 23.9 Å². The Labute approximate surface area is 357 Å². The number of benzene rings is 5. The van der Waals surface area contributed by atoms with Crippen LogP contribution in [0.25, 0.3) is 22.4 Å². The van der Waals surface area contributed by atoms with E-state index in [9.17, 15) is 14.7 Å². The van der Waals surface area contributed by atoms with Crippen molar-refractivity contribution in [2.24, 2.45) is 17.8 Å². The molecule has 1 N–H and O–H groups in total. The summed E-state index contributed by atoms with van der Waals surface area (Å²) in [6.45, 7) is 7.91. The van der Waals surface area contributed by atoms with E-state index in [0.29, 0.717) is 39.0 Å². The van der Waals surface area contributed by atoms with Crippen LogP contribution in [-0.2, 0) is 25.3 Å². The molecule has 9 rings (SSSR count). The molecule has 2 aliphatic heterocycles. The maximum Gasteiger partial charge on any atom is 0.261 e. The van der Waals surface area contributed by atoms with Crippen LogP contribution in [0.5, 0.6) is 5.75 Å². The number of fused-ring (bicyclic) bond motifs is 4. The topological polar surface area (TPSA) is 76.1 Å². The number of hydrogen-bond acceptors (Lipinski definition) is 6. The molecule has 2 saturated heterocycles. The van der Waals surface area contributed by atoms with Crippen molar-refractivity contribution >= 4 is 64.3 Å². The molecule has 60 heavy (non-hydrogen) atoms. The molecule has 2 amide bonds. The molecular formula is C52H51NO5SSi. The van der Waals surface area contributed by atoms with Crippen LogP contribution in [0, 0.1) is 17.8 Å². The van der Waals surface area contributed by atoms with E-state index in [0.717, 1.165) is 43.5 Å². The number of imide groups is 1. The number of phenols is 1. The highest BCUT2D eigenvalue weighted by atomic mass is 32.1. The number of likely N-dealkylation sites (tertiary alicyclic amines) is 1. The van der Waals surface area contributed by atoms with Gasteiger partial charge >= 0.3 is 0 Å². The number of phenolic OH excluding ortho intramolecular Hbond substituents is 1. The first-order valence-corrected chi connectivity index (χ1v) is 23.9. The van der Waals surface area contributed by atoms with E-state index in [4.69, 9.17) is 9.16 Å². The molecule has 0 bridgehead atoms. The second-order valence-electron chi connectivity index (χ2n) is 17.4. The second kappa shape index (κ2) is 16.6. The minimum atomic E-state index is -2.93. The normalized spacial score (nSPS) is 20.9. The average molecular weight is 830 g/mol. The van der Waals surface area contributed by atoms with E-state index in [2.05, 4.69) is 118 Å². The molecule has 1 aromatic heterocycles. The number of aromatic hydroxyl groups is 1. The van der Waals surface area contributed by atoms with Gasteiger partial charge in [-0.25, -0.2) is 0 Å². The van der Waals surface area contributed by atoms with Crippen LogP contribution < -0.4 is 10.4 Å². The Bertz CT molecular complexity index is 2520. The predicted molar refractivity (Wildman–Crippen MR) is 244 cm³/mol. The van der Waals surface area contributed by atoms with Gasteiger partial charge in [0.1, 0.15) is 5.75 Å². The van der Waals surface area contributed by atoms with Crippen LogP contribution in [0.1, 0.15) is 56.0 Å². The van der Waals surface area contributed by atoms with E-state index in [1.807, 2.05) is 47.8 Å². The first-order valence-electron chi connectivity index (χ1n) is 21.1. The van der Waals surface area contributed by atoms with Crippen LogP contribution in [-0.4, -0.2) is 49.5 Å². The summed E-state index contributed by atoms with van der Waals surface area (Å²) in [5.74, 6) is -1.02. The number of ether oxygens (including phenoxy) is 1. The van der Waals surface area contributed by atoms with Gasteiger partial charge in [0.05, 0.1) is 37.7 Å². The molecule has 2 fully saturated rings. The first-order chi connectivity index (χ1) is 29.1. The lowest BCUT2D eigenvalue weighted by Gasteiger charge is -2.44. The Kier molecular flexibility index (Phi) is 11.1. The van der Waals surface area contributed by atoms with Gasteiger partial charge in [0.2, 0.25) is 11.8 Å². The van der Waals surface area contributed by atoms with Crippen molar-refractivity contribution in [1.29, 1.82) is 0 Å². The zero-order chi connectivity index (χ0) is 41.4. The molecule has 1 aliphatic carbocycles. The Morgan fingerprint density at radius 3 is 2.10 bits per heavy atom. The molecular weight excluding hydrogens is 779 g/mol. The van der Waals surface area contributed by atoms with Gasteiger partial charge in [-0.3, -0.25) is 14.5 Å². The molecule has 5 aromatic carbocycles. The fourth-order valence-corrected chi connectivity index (χ4v) is 15.4. The van der Waals surface area contributed by atoms with Crippen LogP contribution in [0.15, 0.2) is 156 Å². The van der Waals surface area contributed by atoms with Crippen molar-refractivity contribution in [3.63, 3.8) is 0 Å². The van der Waals surface area contributed by atoms with Crippen molar-refractivity contribution in [2.75, 3.05) is 13.2 Å². The molecule has 304 valence electrons. The van der Waals surface area contributed by atoms with Gasteiger partial charge in [0.15, 0.2) is 0 Å². The van der Waals surface area contributed by atoms with Crippen LogP contribution in [0.3, 0.4) is 0 Å². The van der Waals surface area contributed by atoms with Gasteiger partial charge in [-0.05, 0) is 85.4 Å². The van der Waals surface area contributed by atoms with Gasteiger partial charge < -0.3 is 14.3 Å². The van der Waals surface area contributed by atoms with E-state index >= 15 is 0 Å². The minimum absolute atomic E-state index is 0.0822. The summed E-state index contributed by atoms with van der Waals surface area (Å²) in [5.41, 5.74) is 5.57. The lowest BCUT2D eigenvalue weighted by Crippen LogP contribution is -2.66. The summed E-state index contributed by atoms with van der Waals surface area (Å²) in [6, 6.07) is 47.5. The minimum Gasteiger partial charge on any atom is -0.507 e.